The summed E-state index contributed by atoms with van der Waals surface area (Å²) in [5.74, 6) is 0. The Kier molecular flexibility index (Phi) is 23.0. The maximum atomic E-state index is 4.43. The van der Waals surface area contributed by atoms with Crippen molar-refractivity contribution in [3.8, 4) is 0 Å². The van der Waals surface area contributed by atoms with Gasteiger partial charge in [-0.25, -0.2) is 0 Å². The van der Waals surface area contributed by atoms with Gasteiger partial charge in [0, 0.05) is 7.11 Å². The summed E-state index contributed by atoms with van der Waals surface area (Å²) in [6.07, 6.45) is 0. The van der Waals surface area contributed by atoms with Gasteiger partial charge in [-0.15, -0.1) is 71.8 Å². The van der Waals surface area contributed by atoms with E-state index < -0.39 is 0 Å². The van der Waals surface area contributed by atoms with Crippen molar-refractivity contribution in [2.24, 2.45) is 0 Å². The van der Waals surface area contributed by atoms with Gasteiger partial charge < -0.3 is 11.7 Å². The van der Waals surface area contributed by atoms with Gasteiger partial charge in [0.25, 0.3) is 0 Å². The predicted octanol–water partition coefficient (Wildman–Crippen LogP) is 4.60. The zero-order valence-corrected chi connectivity index (χ0v) is 14.5. The van der Waals surface area contributed by atoms with E-state index >= 15 is 0 Å². The van der Waals surface area contributed by atoms with Gasteiger partial charge in [-0.3, -0.25) is 0 Å². The van der Waals surface area contributed by atoms with E-state index in [2.05, 4.69) is 55.0 Å². The van der Waals surface area contributed by atoms with Crippen LogP contribution >= 0.6 is 37.2 Å². The molecule has 0 radical (unpaired) electrons. The molecule has 0 aromatic heterocycles. The first-order chi connectivity index (χ1) is 6.79. The fourth-order valence-electron chi connectivity index (χ4n) is 1.31. The summed E-state index contributed by atoms with van der Waals surface area (Å²) in [5, 5.41) is 2.72. The van der Waals surface area contributed by atoms with E-state index in [0.717, 1.165) is 0 Å². The van der Waals surface area contributed by atoms with Crippen LogP contribution in [0, 0.1) is 13.8 Å². The first kappa shape index (κ1) is 26.8. The van der Waals surface area contributed by atoms with Crippen molar-refractivity contribution in [3.05, 3.63) is 48.9 Å². The zero-order chi connectivity index (χ0) is 10.4. The molecule has 2 rings (SSSR count). The number of hydrogen-bond donors (Lipinski definition) is 0. The Morgan fingerprint density at radius 2 is 1.61 bits per heavy atom. The summed E-state index contributed by atoms with van der Waals surface area (Å²) in [6.45, 7) is 6.09. The van der Waals surface area contributed by atoms with Gasteiger partial charge in [-0.2, -0.15) is 12.1 Å². The molecule has 18 heavy (non-hydrogen) atoms. The van der Waals surface area contributed by atoms with Crippen LogP contribution in [-0.2, 0) is 26.5 Å². The third-order valence-electron chi connectivity index (χ3n) is 2.10. The minimum Gasteiger partial charge on any atom is -0.417 e. The molecule has 0 heterocycles. The third kappa shape index (κ3) is 8.47. The molecule has 0 amide bonds. The van der Waals surface area contributed by atoms with Gasteiger partial charge in [0.15, 0.2) is 0 Å². The van der Waals surface area contributed by atoms with Crippen molar-refractivity contribution in [1.82, 2.24) is 0 Å². The molecule has 0 atom stereocenters. The summed E-state index contributed by atoms with van der Waals surface area (Å²) in [4.78, 5) is 0. The molecule has 1 nitrogen and oxygen atoms in total. The number of fused-ring (bicyclic) bond motifs is 1. The van der Waals surface area contributed by atoms with E-state index in [1.807, 2.05) is 0 Å². The van der Waals surface area contributed by atoms with Crippen molar-refractivity contribution in [1.29, 1.82) is 0 Å². The van der Waals surface area contributed by atoms with Crippen LogP contribution in [0.1, 0.15) is 5.56 Å². The Bertz CT molecular complexity index is 388. The summed E-state index contributed by atoms with van der Waals surface area (Å²) in [7, 11) is 1.62. The average Bonchev–Trinajstić information content (AvgIpc) is 2.62. The van der Waals surface area contributed by atoms with E-state index in [1.165, 1.54) is 16.3 Å². The average molecular weight is 346 g/mol. The fraction of sp³-hybridized carbons (Fsp3) is 0.231. The molecule has 102 valence electrons. The largest absolute Gasteiger partial charge is 2.00 e. The maximum absolute atomic E-state index is 4.43. The summed E-state index contributed by atoms with van der Waals surface area (Å²) < 4.78 is 4.43. The Labute approximate surface area is 143 Å². The zero-order valence-electron chi connectivity index (χ0n) is 10.5. The molecule has 5 heteroatoms. The first-order valence-corrected chi connectivity index (χ1v) is 4.68. The Morgan fingerprint density at radius 1 is 1.11 bits per heavy atom. The molecule has 0 saturated heterocycles. The second kappa shape index (κ2) is 15.4. The smallest absolute Gasteiger partial charge is 0.417 e. The monoisotopic (exact) mass is 344 g/mol. The molecule has 0 aliphatic heterocycles. The Morgan fingerprint density at radius 3 is 2.06 bits per heavy atom. The topological polar surface area (TPSA) is 9.23 Å². The first-order valence-electron chi connectivity index (χ1n) is 4.68. The van der Waals surface area contributed by atoms with Gasteiger partial charge in [-0.1, -0.05) is 19.6 Å². The van der Waals surface area contributed by atoms with Crippen molar-refractivity contribution in [2.75, 3.05) is 13.7 Å². The second-order valence-electron chi connectivity index (χ2n) is 3.10. The van der Waals surface area contributed by atoms with Crippen molar-refractivity contribution in [3.63, 3.8) is 0 Å². The Balaban J connectivity index is -0.000000111. The van der Waals surface area contributed by atoms with Gasteiger partial charge >= 0.3 is 21.7 Å². The van der Waals surface area contributed by atoms with Gasteiger partial charge in [0.05, 0.1) is 0 Å². The second-order valence-corrected chi connectivity index (χ2v) is 3.10. The molecular weight excluding hydrogens is 326 g/mol. The van der Waals surface area contributed by atoms with Crippen LogP contribution in [0.4, 0.5) is 0 Å². The summed E-state index contributed by atoms with van der Waals surface area (Å²) in [5.41, 5.74) is 1.37. The molecule has 2 aromatic carbocycles. The molecule has 0 aliphatic rings. The SMILES string of the molecule is C[c-]1ccc2ccccc21.Cl.Cl.Cl.[CH2-]COC.[Ti+2]. The number of ether oxygens (including phenoxy) is 1. The normalized spacial score (nSPS) is 7.50. The van der Waals surface area contributed by atoms with E-state index in [1.54, 1.807) is 7.11 Å². The van der Waals surface area contributed by atoms with Crippen LogP contribution in [0.15, 0.2) is 36.4 Å². The molecule has 0 unspecified atom stereocenters. The van der Waals surface area contributed by atoms with E-state index in [0.29, 0.717) is 6.61 Å². The molecule has 0 bridgehead atoms. The van der Waals surface area contributed by atoms with Crippen LogP contribution in [0.2, 0.25) is 0 Å². The Hall–Kier alpha value is 0.374. The van der Waals surface area contributed by atoms with Crippen molar-refractivity contribution in [2.45, 2.75) is 6.92 Å². The third-order valence-corrected chi connectivity index (χ3v) is 2.10. The van der Waals surface area contributed by atoms with Crippen LogP contribution in [-0.4, -0.2) is 13.7 Å². The molecular formula is C13H19Cl3OTi. The number of hydrogen-bond acceptors (Lipinski definition) is 1. The van der Waals surface area contributed by atoms with Gasteiger partial charge in [0.2, 0.25) is 0 Å². The van der Waals surface area contributed by atoms with Gasteiger partial charge in [-0.05, 0) is 0 Å². The molecule has 2 aromatic rings. The van der Waals surface area contributed by atoms with E-state index in [-0.39, 0.29) is 58.9 Å². The van der Waals surface area contributed by atoms with Gasteiger partial charge in [0.1, 0.15) is 0 Å². The van der Waals surface area contributed by atoms with Crippen LogP contribution in [0.3, 0.4) is 0 Å². The summed E-state index contributed by atoms with van der Waals surface area (Å²) >= 11 is 0. The van der Waals surface area contributed by atoms with Crippen molar-refractivity contribution >= 4 is 48.0 Å². The number of aryl methyl sites for hydroxylation is 1. The number of rotatable bonds is 1. The van der Waals surface area contributed by atoms with Crippen LogP contribution in [0.5, 0.6) is 0 Å². The standard InChI is InChI=1S/C10H9.C3H7O.3ClH.Ti/c1-8-6-7-9-4-2-3-5-10(8)9;1-3-4-2;;;;/h2-7H,1H3;1,3H2,2H3;3*1H;/q2*-1;;;;+2. The summed E-state index contributed by atoms with van der Waals surface area (Å²) in [6, 6.07) is 12.8. The fourth-order valence-corrected chi connectivity index (χ4v) is 1.31. The minimum absolute atomic E-state index is 0. The number of benzene rings is 1. The number of methoxy groups -OCH3 is 1. The van der Waals surface area contributed by atoms with E-state index in [9.17, 15) is 0 Å². The quantitative estimate of drug-likeness (QED) is 0.542. The molecule has 0 fully saturated rings. The number of halogens is 3. The predicted molar refractivity (Wildman–Crippen MR) is 83.3 cm³/mol. The molecule has 0 saturated carbocycles. The van der Waals surface area contributed by atoms with E-state index in [4.69, 9.17) is 0 Å². The molecule has 0 aliphatic carbocycles. The van der Waals surface area contributed by atoms with Crippen LogP contribution in [0.25, 0.3) is 10.8 Å². The molecule has 0 N–H and O–H groups in total. The van der Waals surface area contributed by atoms with Crippen molar-refractivity contribution < 1.29 is 26.5 Å². The minimum atomic E-state index is 0. The maximum Gasteiger partial charge on any atom is 2.00 e. The van der Waals surface area contributed by atoms with Crippen LogP contribution < -0.4 is 0 Å². The molecule has 0 spiro atoms.